The fourth-order valence-electron chi connectivity index (χ4n) is 3.07. The molecule has 1 aromatic heterocycles. The molecular weight excluding hydrogens is 456 g/mol. The van der Waals surface area contributed by atoms with Crippen LogP contribution in [0.25, 0.3) is 0 Å². The molecular formula is C17H18N2O8S3. The SMILES string of the molecule is CO[C@@]1(NC(=O)CS(=O)c2cccs2)C(=O)N2C(C(=O)O)=C(COC(C)=O)CS[C@H]21. The number of esters is 1. The predicted octanol–water partition coefficient (Wildman–Crippen LogP) is 0.132. The van der Waals surface area contributed by atoms with E-state index < -0.39 is 45.7 Å². The third kappa shape index (κ3) is 4.02. The summed E-state index contributed by atoms with van der Waals surface area (Å²) in [4.78, 5) is 49.2. The molecule has 30 heavy (non-hydrogen) atoms. The van der Waals surface area contributed by atoms with Gasteiger partial charge in [0.2, 0.25) is 5.91 Å². The first kappa shape index (κ1) is 22.5. The number of carboxylic acids is 1. The van der Waals surface area contributed by atoms with Crippen LogP contribution >= 0.6 is 23.1 Å². The maximum Gasteiger partial charge on any atom is 0.352 e. The van der Waals surface area contributed by atoms with Gasteiger partial charge in [-0.05, 0) is 11.4 Å². The van der Waals surface area contributed by atoms with Gasteiger partial charge in [0, 0.05) is 25.4 Å². The molecule has 2 N–H and O–H groups in total. The van der Waals surface area contributed by atoms with Crippen LogP contribution in [0.1, 0.15) is 6.92 Å². The number of aliphatic carboxylic acids is 1. The highest BCUT2D eigenvalue weighted by molar-refractivity contribution is 8.00. The van der Waals surface area contributed by atoms with Crippen LogP contribution in [0.3, 0.4) is 0 Å². The monoisotopic (exact) mass is 474 g/mol. The number of thioether (sulfide) groups is 1. The molecule has 1 saturated heterocycles. The van der Waals surface area contributed by atoms with Gasteiger partial charge < -0.3 is 19.9 Å². The second kappa shape index (κ2) is 8.88. The van der Waals surface area contributed by atoms with E-state index in [9.17, 15) is 28.5 Å². The Bertz CT molecular complexity index is 945. The van der Waals surface area contributed by atoms with Crippen LogP contribution in [0.2, 0.25) is 0 Å². The third-order valence-electron chi connectivity index (χ3n) is 4.39. The Morgan fingerprint density at radius 1 is 1.43 bits per heavy atom. The Morgan fingerprint density at radius 2 is 2.17 bits per heavy atom. The number of hydrogen-bond donors (Lipinski definition) is 2. The van der Waals surface area contributed by atoms with Crippen molar-refractivity contribution in [3.05, 3.63) is 28.8 Å². The lowest BCUT2D eigenvalue weighted by atomic mass is 9.98. The molecule has 162 valence electrons. The van der Waals surface area contributed by atoms with Crippen molar-refractivity contribution in [2.24, 2.45) is 0 Å². The first-order valence-corrected chi connectivity index (χ1v) is 11.8. The molecule has 0 bridgehead atoms. The van der Waals surface area contributed by atoms with Gasteiger partial charge in [-0.1, -0.05) is 6.07 Å². The number of nitrogens with one attached hydrogen (secondary N) is 1. The standard InChI is InChI=1S/C17H18N2O8S3/c1-9(20)27-6-10-7-29-16-17(26-2,15(24)19(16)13(10)14(22)23)18-11(21)8-30(25)12-4-3-5-28-12/h3-5,16H,6-8H2,1-2H3,(H,18,21)(H,22,23)/t16-,17-,30?/m0/s1. The largest absolute Gasteiger partial charge is 0.477 e. The molecule has 0 spiro atoms. The van der Waals surface area contributed by atoms with Gasteiger partial charge in [-0.25, -0.2) is 4.79 Å². The third-order valence-corrected chi connectivity index (χ3v) is 8.38. The molecule has 2 amide bonds. The number of amides is 2. The van der Waals surface area contributed by atoms with Crippen LogP contribution in [0.5, 0.6) is 0 Å². The van der Waals surface area contributed by atoms with Gasteiger partial charge >= 0.3 is 11.9 Å². The van der Waals surface area contributed by atoms with Gasteiger partial charge in [0.1, 0.15) is 23.4 Å². The van der Waals surface area contributed by atoms with Crippen LogP contribution < -0.4 is 5.32 Å². The van der Waals surface area contributed by atoms with E-state index in [1.807, 2.05) is 0 Å². The molecule has 0 radical (unpaired) electrons. The molecule has 1 aromatic rings. The summed E-state index contributed by atoms with van der Waals surface area (Å²) in [6.45, 7) is 0.937. The number of methoxy groups -OCH3 is 1. The van der Waals surface area contributed by atoms with Crippen molar-refractivity contribution >= 4 is 57.7 Å². The molecule has 2 aliphatic heterocycles. The van der Waals surface area contributed by atoms with E-state index in [0.29, 0.717) is 4.21 Å². The zero-order valence-electron chi connectivity index (χ0n) is 15.9. The molecule has 3 atom stereocenters. The Labute approximate surface area is 182 Å². The average Bonchev–Trinajstić information content (AvgIpc) is 3.24. The minimum absolute atomic E-state index is 0.158. The van der Waals surface area contributed by atoms with E-state index in [2.05, 4.69) is 5.32 Å². The number of thiophene rings is 1. The maximum atomic E-state index is 12.9. The average molecular weight is 475 g/mol. The first-order valence-electron chi connectivity index (χ1n) is 8.53. The van der Waals surface area contributed by atoms with Crippen LogP contribution in [-0.4, -0.2) is 74.3 Å². The molecule has 0 saturated carbocycles. The summed E-state index contributed by atoms with van der Waals surface area (Å²) < 4.78 is 23.0. The summed E-state index contributed by atoms with van der Waals surface area (Å²) in [5, 5.41) is 13.0. The number of rotatable bonds is 8. The van der Waals surface area contributed by atoms with Crippen LogP contribution in [0.15, 0.2) is 33.0 Å². The second-order valence-electron chi connectivity index (χ2n) is 6.29. The quantitative estimate of drug-likeness (QED) is 0.306. The van der Waals surface area contributed by atoms with E-state index in [4.69, 9.17) is 9.47 Å². The van der Waals surface area contributed by atoms with E-state index in [1.54, 1.807) is 17.5 Å². The minimum atomic E-state index is -1.77. The van der Waals surface area contributed by atoms with Crippen molar-refractivity contribution in [1.82, 2.24) is 10.2 Å². The number of carboxylic acid groups (broad SMARTS) is 1. The number of fused-ring (bicyclic) bond motifs is 1. The first-order chi connectivity index (χ1) is 14.2. The summed E-state index contributed by atoms with van der Waals surface area (Å²) in [5.74, 6) is -3.57. The van der Waals surface area contributed by atoms with Gasteiger partial charge in [0.05, 0.1) is 15.0 Å². The number of carbonyl (C=O) groups is 4. The van der Waals surface area contributed by atoms with Crippen molar-refractivity contribution in [3.63, 3.8) is 0 Å². The molecule has 3 rings (SSSR count). The molecule has 1 fully saturated rings. The topological polar surface area (TPSA) is 139 Å². The maximum absolute atomic E-state index is 12.9. The number of nitrogens with zero attached hydrogens (tertiary/aromatic N) is 1. The lowest BCUT2D eigenvalue weighted by Crippen LogP contribution is -2.81. The summed E-state index contributed by atoms with van der Waals surface area (Å²) in [6.07, 6.45) is 0. The highest BCUT2D eigenvalue weighted by atomic mass is 32.2. The van der Waals surface area contributed by atoms with Gasteiger partial charge in [-0.3, -0.25) is 23.5 Å². The number of ether oxygens (including phenoxy) is 2. The Morgan fingerprint density at radius 3 is 2.73 bits per heavy atom. The van der Waals surface area contributed by atoms with Crippen LogP contribution in [0.4, 0.5) is 0 Å². The smallest absolute Gasteiger partial charge is 0.352 e. The lowest BCUT2D eigenvalue weighted by molar-refractivity contribution is -0.192. The van der Waals surface area contributed by atoms with Crippen molar-refractivity contribution in [2.75, 3.05) is 25.2 Å². The lowest BCUT2D eigenvalue weighted by Gasteiger charge is -2.55. The molecule has 1 unspecified atom stereocenters. The van der Waals surface area contributed by atoms with E-state index in [0.717, 1.165) is 4.90 Å². The summed E-state index contributed by atoms with van der Waals surface area (Å²) in [6, 6.07) is 3.35. The van der Waals surface area contributed by atoms with E-state index in [-0.39, 0.29) is 29.4 Å². The highest BCUT2D eigenvalue weighted by Gasteiger charge is 2.66. The van der Waals surface area contributed by atoms with Gasteiger partial charge in [-0.2, -0.15) is 0 Å². The number of carbonyl (C=O) groups excluding carboxylic acids is 3. The Balaban J connectivity index is 1.78. The van der Waals surface area contributed by atoms with E-state index in [1.165, 1.54) is 37.1 Å². The summed E-state index contributed by atoms with van der Waals surface area (Å²) in [5.41, 5.74) is -1.80. The van der Waals surface area contributed by atoms with Crippen molar-refractivity contribution in [2.45, 2.75) is 22.2 Å². The Hall–Kier alpha value is -2.22. The summed E-state index contributed by atoms with van der Waals surface area (Å²) >= 11 is 2.41. The zero-order valence-corrected chi connectivity index (χ0v) is 18.4. The normalized spacial score (nSPS) is 24.0. The molecule has 3 heterocycles. The van der Waals surface area contributed by atoms with Crippen molar-refractivity contribution < 1.29 is 38.0 Å². The highest BCUT2D eigenvalue weighted by Crippen LogP contribution is 2.46. The van der Waals surface area contributed by atoms with Gasteiger partial charge in [-0.15, -0.1) is 23.1 Å². The Kier molecular flexibility index (Phi) is 6.65. The minimum Gasteiger partial charge on any atom is -0.477 e. The molecule has 2 aliphatic rings. The number of hydrogen-bond acceptors (Lipinski definition) is 9. The number of β-lactam (4-membered cyclic amide) rings is 1. The fraction of sp³-hybridized carbons (Fsp3) is 0.412. The molecule has 0 aliphatic carbocycles. The van der Waals surface area contributed by atoms with Gasteiger partial charge in [0.15, 0.2) is 0 Å². The zero-order chi connectivity index (χ0) is 22.1. The molecule has 13 heteroatoms. The molecule has 10 nitrogen and oxygen atoms in total. The van der Waals surface area contributed by atoms with Crippen LogP contribution in [0, 0.1) is 0 Å². The van der Waals surface area contributed by atoms with Crippen LogP contribution in [-0.2, 0) is 39.5 Å². The fourth-order valence-corrected chi connectivity index (χ4v) is 6.39. The van der Waals surface area contributed by atoms with E-state index >= 15 is 0 Å². The predicted molar refractivity (Wildman–Crippen MR) is 108 cm³/mol. The van der Waals surface area contributed by atoms with Crippen molar-refractivity contribution in [1.29, 1.82) is 0 Å². The second-order valence-corrected chi connectivity index (χ2v) is 9.98. The summed E-state index contributed by atoms with van der Waals surface area (Å²) in [7, 11) is -0.351. The van der Waals surface area contributed by atoms with Gasteiger partial charge in [0.25, 0.3) is 11.6 Å². The molecule has 0 aromatic carbocycles. The van der Waals surface area contributed by atoms with Crippen molar-refractivity contribution in [3.8, 4) is 0 Å².